The maximum absolute atomic E-state index is 12.9. The highest BCUT2D eigenvalue weighted by molar-refractivity contribution is 7.19. The van der Waals surface area contributed by atoms with Gasteiger partial charge in [0.05, 0.1) is 12.3 Å². The van der Waals surface area contributed by atoms with E-state index in [1.807, 2.05) is 61.2 Å². The Labute approximate surface area is 207 Å². The van der Waals surface area contributed by atoms with Crippen molar-refractivity contribution in [2.45, 2.75) is 20.4 Å². The van der Waals surface area contributed by atoms with E-state index in [1.54, 1.807) is 6.07 Å². The van der Waals surface area contributed by atoms with Crippen molar-refractivity contribution in [1.82, 2.24) is 24.4 Å². The molecule has 0 N–H and O–H groups in total. The van der Waals surface area contributed by atoms with E-state index in [0.29, 0.717) is 36.8 Å². The van der Waals surface area contributed by atoms with E-state index in [4.69, 9.17) is 9.72 Å². The zero-order valence-corrected chi connectivity index (χ0v) is 20.6. The highest BCUT2D eigenvalue weighted by Gasteiger charge is 2.23. The van der Waals surface area contributed by atoms with E-state index in [2.05, 4.69) is 16.1 Å². The van der Waals surface area contributed by atoms with Crippen molar-refractivity contribution in [3.63, 3.8) is 0 Å². The molecule has 0 spiro atoms. The van der Waals surface area contributed by atoms with E-state index in [0.717, 1.165) is 40.7 Å². The van der Waals surface area contributed by atoms with Crippen LogP contribution in [0.5, 0.6) is 5.75 Å². The van der Waals surface area contributed by atoms with Gasteiger partial charge in [-0.2, -0.15) is 9.61 Å². The van der Waals surface area contributed by atoms with Crippen molar-refractivity contribution in [3.8, 4) is 16.3 Å². The van der Waals surface area contributed by atoms with E-state index < -0.39 is 0 Å². The van der Waals surface area contributed by atoms with Crippen molar-refractivity contribution in [3.05, 3.63) is 81.8 Å². The Balaban J connectivity index is 1.24. The summed E-state index contributed by atoms with van der Waals surface area (Å²) in [5, 5.41) is 5.25. The van der Waals surface area contributed by atoms with Gasteiger partial charge in [0.15, 0.2) is 0 Å². The Hall–Kier alpha value is -3.56. The number of carbonyl (C=O) groups is 1. The normalized spacial score (nSPS) is 14.4. The Morgan fingerprint density at radius 2 is 1.83 bits per heavy atom. The number of piperazine rings is 1. The molecular weight excluding hydrogens is 462 g/mol. The predicted molar refractivity (Wildman–Crippen MR) is 136 cm³/mol. The topological polar surface area (TPSA) is 80.0 Å². The van der Waals surface area contributed by atoms with E-state index >= 15 is 0 Å². The zero-order valence-electron chi connectivity index (χ0n) is 19.8. The summed E-state index contributed by atoms with van der Waals surface area (Å²) >= 11 is 1.42. The number of nitrogens with zero attached hydrogens (tertiary/aromatic N) is 5. The fraction of sp³-hybridized carbons (Fsp3) is 0.308. The molecule has 0 unspecified atom stereocenters. The molecule has 2 aromatic carbocycles. The summed E-state index contributed by atoms with van der Waals surface area (Å²) in [5.74, 6) is 0.792. The molecule has 0 saturated carbocycles. The van der Waals surface area contributed by atoms with Crippen LogP contribution in [0.4, 0.5) is 0 Å². The molecule has 35 heavy (non-hydrogen) atoms. The first-order valence-corrected chi connectivity index (χ1v) is 12.5. The number of carbonyl (C=O) groups excluding carboxylic acids is 1. The first-order chi connectivity index (χ1) is 17.0. The maximum atomic E-state index is 12.9. The van der Waals surface area contributed by atoms with Crippen LogP contribution in [0.2, 0.25) is 0 Å². The molecule has 0 radical (unpaired) electrons. The molecular formula is C26H27N5O3S. The predicted octanol–water partition coefficient (Wildman–Crippen LogP) is 3.48. The summed E-state index contributed by atoms with van der Waals surface area (Å²) in [4.78, 5) is 35.0. The smallest absolute Gasteiger partial charge is 0.275 e. The Kier molecular flexibility index (Phi) is 6.61. The first kappa shape index (κ1) is 23.2. The SMILES string of the molecule is CCOc1ccc(C(=O)N2CCN(Cc3cc(=O)n4nc(-c5cccc(C)c5)sc4n3)CC2)cc1. The van der Waals surface area contributed by atoms with Gasteiger partial charge in [-0.3, -0.25) is 14.5 Å². The lowest BCUT2D eigenvalue weighted by Crippen LogP contribution is -2.48. The molecule has 180 valence electrons. The van der Waals surface area contributed by atoms with Crippen molar-refractivity contribution in [2.24, 2.45) is 0 Å². The molecule has 3 heterocycles. The fourth-order valence-corrected chi connectivity index (χ4v) is 5.13. The molecule has 1 fully saturated rings. The number of amides is 1. The number of rotatable bonds is 6. The van der Waals surface area contributed by atoms with Crippen LogP contribution in [0.25, 0.3) is 15.5 Å². The minimum atomic E-state index is -0.176. The first-order valence-electron chi connectivity index (χ1n) is 11.7. The molecule has 1 aliphatic heterocycles. The zero-order chi connectivity index (χ0) is 24.4. The third-order valence-corrected chi connectivity index (χ3v) is 6.98. The summed E-state index contributed by atoms with van der Waals surface area (Å²) in [6.07, 6.45) is 0. The molecule has 4 aromatic rings. The van der Waals surface area contributed by atoms with Crippen molar-refractivity contribution < 1.29 is 9.53 Å². The third kappa shape index (κ3) is 5.11. The largest absolute Gasteiger partial charge is 0.494 e. The molecule has 1 saturated heterocycles. The highest BCUT2D eigenvalue weighted by atomic mass is 32.1. The standard InChI is InChI=1S/C26H27N5O3S/c1-3-34-22-9-7-19(8-10-22)25(33)30-13-11-29(12-14-30)17-21-16-23(32)31-26(27-21)35-24(28-31)20-6-4-5-18(2)15-20/h4-10,15-16H,3,11-14,17H2,1-2H3. The van der Waals surface area contributed by atoms with E-state index in [9.17, 15) is 9.59 Å². The highest BCUT2D eigenvalue weighted by Crippen LogP contribution is 2.25. The van der Waals surface area contributed by atoms with Crippen LogP contribution >= 0.6 is 11.3 Å². The lowest BCUT2D eigenvalue weighted by atomic mass is 10.1. The van der Waals surface area contributed by atoms with Crippen molar-refractivity contribution >= 4 is 22.2 Å². The number of hydrogen-bond acceptors (Lipinski definition) is 7. The van der Waals surface area contributed by atoms with Crippen LogP contribution in [-0.2, 0) is 6.54 Å². The van der Waals surface area contributed by atoms with Gasteiger partial charge < -0.3 is 9.64 Å². The second-order valence-electron chi connectivity index (χ2n) is 8.58. The van der Waals surface area contributed by atoms with E-state index in [1.165, 1.54) is 15.9 Å². The Morgan fingerprint density at radius 3 is 2.54 bits per heavy atom. The molecule has 0 atom stereocenters. The van der Waals surface area contributed by atoms with Gasteiger partial charge in [0.1, 0.15) is 10.8 Å². The average molecular weight is 490 g/mol. The minimum absolute atomic E-state index is 0.0267. The summed E-state index contributed by atoms with van der Waals surface area (Å²) in [5.41, 5.74) is 3.33. The number of fused-ring (bicyclic) bond motifs is 1. The molecule has 1 amide bonds. The second kappa shape index (κ2) is 9.97. The summed E-state index contributed by atoms with van der Waals surface area (Å²) in [6, 6.07) is 16.9. The van der Waals surface area contributed by atoms with Gasteiger partial charge in [0, 0.05) is 49.9 Å². The van der Waals surface area contributed by atoms with Gasteiger partial charge in [0.2, 0.25) is 4.96 Å². The van der Waals surface area contributed by atoms with E-state index in [-0.39, 0.29) is 11.5 Å². The number of ether oxygens (including phenoxy) is 1. The summed E-state index contributed by atoms with van der Waals surface area (Å²) in [6.45, 7) is 7.83. The number of hydrogen-bond donors (Lipinski definition) is 0. The quantitative estimate of drug-likeness (QED) is 0.413. The van der Waals surface area contributed by atoms with Crippen LogP contribution in [0.3, 0.4) is 0 Å². The second-order valence-corrected chi connectivity index (χ2v) is 9.54. The van der Waals surface area contributed by atoms with Gasteiger partial charge in [-0.15, -0.1) is 0 Å². The van der Waals surface area contributed by atoms with Crippen LogP contribution in [0.1, 0.15) is 28.5 Å². The van der Waals surface area contributed by atoms with Crippen LogP contribution in [0.15, 0.2) is 59.4 Å². The van der Waals surface area contributed by atoms with Crippen LogP contribution < -0.4 is 10.3 Å². The molecule has 0 bridgehead atoms. The lowest BCUT2D eigenvalue weighted by Gasteiger charge is -2.34. The Bertz CT molecular complexity index is 1400. The van der Waals surface area contributed by atoms with Gasteiger partial charge in [-0.25, -0.2) is 4.98 Å². The van der Waals surface area contributed by atoms with Crippen LogP contribution in [0, 0.1) is 6.92 Å². The molecule has 8 nitrogen and oxygen atoms in total. The average Bonchev–Trinajstić information content (AvgIpc) is 3.30. The van der Waals surface area contributed by atoms with Gasteiger partial charge >= 0.3 is 0 Å². The summed E-state index contributed by atoms with van der Waals surface area (Å²) in [7, 11) is 0. The van der Waals surface area contributed by atoms with Crippen LogP contribution in [-0.4, -0.2) is 63.1 Å². The maximum Gasteiger partial charge on any atom is 0.275 e. The molecule has 9 heteroatoms. The summed E-state index contributed by atoms with van der Waals surface area (Å²) < 4.78 is 6.83. The van der Waals surface area contributed by atoms with Gasteiger partial charge in [0.25, 0.3) is 11.5 Å². The monoisotopic (exact) mass is 489 g/mol. The van der Waals surface area contributed by atoms with Crippen molar-refractivity contribution in [1.29, 1.82) is 0 Å². The number of aromatic nitrogens is 3. The lowest BCUT2D eigenvalue weighted by molar-refractivity contribution is 0.0627. The number of benzene rings is 2. The minimum Gasteiger partial charge on any atom is -0.494 e. The third-order valence-electron chi connectivity index (χ3n) is 6.02. The fourth-order valence-electron chi connectivity index (χ4n) is 4.21. The molecule has 0 aliphatic carbocycles. The number of aryl methyl sites for hydroxylation is 1. The van der Waals surface area contributed by atoms with Gasteiger partial charge in [-0.05, 0) is 44.2 Å². The van der Waals surface area contributed by atoms with Crippen molar-refractivity contribution in [2.75, 3.05) is 32.8 Å². The van der Waals surface area contributed by atoms with Gasteiger partial charge in [-0.1, -0.05) is 35.1 Å². The molecule has 1 aliphatic rings. The molecule has 2 aromatic heterocycles. The molecule has 5 rings (SSSR count). The Morgan fingerprint density at radius 1 is 1.06 bits per heavy atom.